The summed E-state index contributed by atoms with van der Waals surface area (Å²) >= 11 is 0. The molecule has 0 bridgehead atoms. The Bertz CT molecular complexity index is 269. The smallest absolute Gasteiger partial charge is 0.103 e. The highest BCUT2D eigenvalue weighted by atomic mass is 19.1. The normalized spacial score (nSPS) is 19.8. The van der Waals surface area contributed by atoms with E-state index in [-0.39, 0.29) is 0 Å². The molecule has 0 aromatic rings. The Morgan fingerprint density at radius 1 is 0.696 bits per heavy atom. The van der Waals surface area contributed by atoms with Crippen LogP contribution >= 0.6 is 0 Å². The molecule has 23 heavy (non-hydrogen) atoms. The van der Waals surface area contributed by atoms with Crippen molar-refractivity contribution in [2.45, 2.75) is 129 Å². The highest BCUT2D eigenvalue weighted by Crippen LogP contribution is 2.40. The lowest BCUT2D eigenvalue weighted by atomic mass is 9.83. The molecule has 0 N–H and O–H groups in total. The van der Waals surface area contributed by atoms with Crippen LogP contribution in [0.25, 0.3) is 0 Å². The van der Waals surface area contributed by atoms with Crippen LogP contribution in [0.3, 0.4) is 0 Å². The molecule has 0 aliphatic heterocycles. The lowest BCUT2D eigenvalue weighted by Crippen LogP contribution is -2.47. The molecular formula is C20H40F2O. The quantitative estimate of drug-likeness (QED) is 0.327. The van der Waals surface area contributed by atoms with Gasteiger partial charge in [0, 0.05) is 12.8 Å². The molecule has 0 amide bonds. The maximum atomic E-state index is 14.2. The van der Waals surface area contributed by atoms with Gasteiger partial charge in [-0.25, -0.2) is 8.78 Å². The van der Waals surface area contributed by atoms with Gasteiger partial charge in [-0.2, -0.15) is 0 Å². The van der Waals surface area contributed by atoms with Crippen LogP contribution in [0.1, 0.15) is 106 Å². The molecule has 0 radical (unpaired) electrons. The van der Waals surface area contributed by atoms with Crippen LogP contribution in [-0.2, 0) is 4.74 Å². The van der Waals surface area contributed by atoms with Crippen molar-refractivity contribution in [1.82, 2.24) is 0 Å². The summed E-state index contributed by atoms with van der Waals surface area (Å²) < 4.78 is 35.0. The van der Waals surface area contributed by atoms with Gasteiger partial charge in [-0.3, -0.25) is 0 Å². The topological polar surface area (TPSA) is 9.23 Å². The second-order valence-corrected chi connectivity index (χ2v) is 7.09. The number of ether oxygens (including phenoxy) is 1. The fraction of sp³-hybridized carbons (Fsp3) is 1.00. The molecule has 0 saturated heterocycles. The van der Waals surface area contributed by atoms with Crippen molar-refractivity contribution in [3.63, 3.8) is 0 Å². The molecule has 0 aromatic heterocycles. The van der Waals surface area contributed by atoms with E-state index in [9.17, 15) is 8.78 Å². The summed E-state index contributed by atoms with van der Waals surface area (Å²) in [5.41, 5.74) is -0.911. The van der Waals surface area contributed by atoms with Crippen molar-refractivity contribution in [3.05, 3.63) is 0 Å². The largest absolute Gasteiger partial charge is 0.368 e. The molecule has 140 valence electrons. The SMILES string of the molecule is CCCC(CC)(CC(F)CC)OC(CC)(CCC)CC(F)CC. The first kappa shape index (κ1) is 22.8. The molecule has 0 aliphatic rings. The molecule has 0 heterocycles. The van der Waals surface area contributed by atoms with E-state index in [1.165, 1.54) is 0 Å². The van der Waals surface area contributed by atoms with Crippen LogP contribution in [0.5, 0.6) is 0 Å². The molecule has 4 unspecified atom stereocenters. The minimum Gasteiger partial charge on any atom is -0.368 e. The van der Waals surface area contributed by atoms with Crippen molar-refractivity contribution in [1.29, 1.82) is 0 Å². The molecule has 0 spiro atoms. The lowest BCUT2D eigenvalue weighted by molar-refractivity contribution is -0.186. The van der Waals surface area contributed by atoms with Crippen molar-refractivity contribution < 1.29 is 13.5 Å². The van der Waals surface area contributed by atoms with Crippen LogP contribution < -0.4 is 0 Å². The van der Waals surface area contributed by atoms with Crippen LogP contribution in [0, 0.1) is 0 Å². The van der Waals surface area contributed by atoms with Crippen molar-refractivity contribution >= 4 is 0 Å². The predicted molar refractivity (Wildman–Crippen MR) is 96.6 cm³/mol. The molecule has 3 heteroatoms. The van der Waals surface area contributed by atoms with E-state index in [1.54, 1.807) is 0 Å². The molecular weight excluding hydrogens is 294 g/mol. The molecule has 0 fully saturated rings. The van der Waals surface area contributed by atoms with E-state index in [2.05, 4.69) is 27.7 Å². The minimum absolute atomic E-state index is 0.433. The zero-order valence-electron chi connectivity index (χ0n) is 16.4. The average Bonchev–Trinajstić information content (AvgIpc) is 2.54. The molecule has 0 rings (SSSR count). The molecule has 0 aliphatic carbocycles. The van der Waals surface area contributed by atoms with Crippen LogP contribution in [0.4, 0.5) is 8.78 Å². The first-order valence-electron chi connectivity index (χ1n) is 9.84. The third kappa shape index (κ3) is 7.49. The summed E-state index contributed by atoms with van der Waals surface area (Å²) in [6, 6.07) is 0. The summed E-state index contributed by atoms with van der Waals surface area (Å²) in [5, 5.41) is 0. The molecule has 0 aromatic carbocycles. The standard InChI is InChI=1S/C20H40F2O/c1-7-13-19(11-5,15-17(21)9-3)23-20(12-6,14-8-2)16-18(22)10-4/h17-18H,7-16H2,1-6H3. The van der Waals surface area contributed by atoms with Crippen LogP contribution in [0.15, 0.2) is 0 Å². The number of rotatable bonds is 14. The third-order valence-corrected chi connectivity index (χ3v) is 5.21. The van der Waals surface area contributed by atoms with Gasteiger partial charge in [0.15, 0.2) is 0 Å². The lowest BCUT2D eigenvalue weighted by Gasteiger charge is -2.45. The summed E-state index contributed by atoms with van der Waals surface area (Å²) in [6.45, 7) is 12.2. The van der Waals surface area contributed by atoms with Gasteiger partial charge in [0.05, 0.1) is 11.2 Å². The fourth-order valence-corrected chi connectivity index (χ4v) is 3.64. The van der Waals surface area contributed by atoms with Crippen LogP contribution in [-0.4, -0.2) is 23.5 Å². The van der Waals surface area contributed by atoms with E-state index in [4.69, 9.17) is 4.74 Å². The number of hydrogen-bond donors (Lipinski definition) is 0. The van der Waals surface area contributed by atoms with E-state index < -0.39 is 23.5 Å². The van der Waals surface area contributed by atoms with Crippen molar-refractivity contribution in [2.24, 2.45) is 0 Å². The summed E-state index contributed by atoms with van der Waals surface area (Å²) in [6.07, 6.45) is 5.40. The second-order valence-electron chi connectivity index (χ2n) is 7.09. The molecule has 1 nitrogen and oxygen atoms in total. The van der Waals surface area contributed by atoms with Gasteiger partial charge in [0.1, 0.15) is 12.3 Å². The van der Waals surface area contributed by atoms with Gasteiger partial charge in [-0.15, -0.1) is 0 Å². The van der Waals surface area contributed by atoms with Gasteiger partial charge < -0.3 is 4.74 Å². The van der Waals surface area contributed by atoms with Gasteiger partial charge in [-0.1, -0.05) is 54.4 Å². The van der Waals surface area contributed by atoms with Crippen molar-refractivity contribution in [2.75, 3.05) is 0 Å². The first-order valence-corrected chi connectivity index (χ1v) is 9.84. The Morgan fingerprint density at radius 2 is 1.04 bits per heavy atom. The van der Waals surface area contributed by atoms with Gasteiger partial charge in [-0.05, 0) is 38.5 Å². The molecule has 0 saturated carbocycles. The van der Waals surface area contributed by atoms with E-state index in [0.717, 1.165) is 38.5 Å². The van der Waals surface area contributed by atoms with E-state index in [0.29, 0.717) is 25.7 Å². The van der Waals surface area contributed by atoms with Crippen LogP contribution in [0.2, 0.25) is 0 Å². The summed E-state index contributed by atoms with van der Waals surface area (Å²) in [7, 11) is 0. The Labute approximate surface area is 143 Å². The fourth-order valence-electron chi connectivity index (χ4n) is 3.64. The Morgan fingerprint density at radius 3 is 1.26 bits per heavy atom. The van der Waals surface area contributed by atoms with Gasteiger partial charge in [0.2, 0.25) is 0 Å². The first-order chi connectivity index (χ1) is 10.9. The van der Waals surface area contributed by atoms with E-state index in [1.807, 2.05) is 13.8 Å². The second kappa shape index (κ2) is 11.4. The molecule has 4 atom stereocenters. The zero-order chi connectivity index (χ0) is 17.9. The third-order valence-electron chi connectivity index (χ3n) is 5.21. The Balaban J connectivity index is 5.45. The monoisotopic (exact) mass is 334 g/mol. The Kier molecular flexibility index (Phi) is 11.3. The summed E-state index contributed by atoms with van der Waals surface area (Å²) in [5.74, 6) is 0. The predicted octanol–water partition coefficient (Wildman–Crippen LogP) is 7.18. The average molecular weight is 335 g/mol. The maximum Gasteiger partial charge on any atom is 0.103 e. The number of hydrogen-bond acceptors (Lipinski definition) is 1. The van der Waals surface area contributed by atoms with E-state index >= 15 is 0 Å². The highest BCUT2D eigenvalue weighted by molar-refractivity contribution is 4.91. The highest BCUT2D eigenvalue weighted by Gasteiger charge is 2.41. The van der Waals surface area contributed by atoms with Crippen molar-refractivity contribution in [3.8, 4) is 0 Å². The number of halogens is 2. The summed E-state index contributed by atoms with van der Waals surface area (Å²) in [4.78, 5) is 0. The number of alkyl halides is 2. The Hall–Kier alpha value is -0.180. The minimum atomic E-state index is -0.843. The van der Waals surface area contributed by atoms with Gasteiger partial charge in [0.25, 0.3) is 0 Å². The van der Waals surface area contributed by atoms with Gasteiger partial charge >= 0.3 is 0 Å². The zero-order valence-corrected chi connectivity index (χ0v) is 16.4. The maximum absolute atomic E-state index is 14.2.